The van der Waals surface area contributed by atoms with E-state index in [2.05, 4.69) is 12.2 Å². The van der Waals surface area contributed by atoms with Crippen LogP contribution in [0.2, 0.25) is 0 Å². The summed E-state index contributed by atoms with van der Waals surface area (Å²) in [5.41, 5.74) is -4.52. The predicted octanol–water partition coefficient (Wildman–Crippen LogP) is 2.58. The number of carbonyl (C=O) groups excluding carboxylic acids is 3. The zero-order valence-corrected chi connectivity index (χ0v) is 18.2. The summed E-state index contributed by atoms with van der Waals surface area (Å²) < 4.78 is 20.4. The molecule has 0 aromatic heterocycles. The third kappa shape index (κ3) is 4.72. The molecule has 9 heteroatoms. The lowest BCUT2D eigenvalue weighted by Crippen LogP contribution is -2.66. The van der Waals surface area contributed by atoms with Crippen molar-refractivity contribution in [1.29, 1.82) is 0 Å². The molecule has 2 heterocycles. The van der Waals surface area contributed by atoms with E-state index in [0.29, 0.717) is 6.42 Å². The SMILES string of the molecule is CCCCCCCCCCCC[C@@]1(C(=O)OC)O[C@H]2NC(=O)O[C@H]2[C@@]1(O)C(=O)OC. The summed E-state index contributed by atoms with van der Waals surface area (Å²) in [5.74, 6) is -2.01. The van der Waals surface area contributed by atoms with Crippen molar-refractivity contribution in [3.8, 4) is 0 Å². The van der Waals surface area contributed by atoms with Crippen LogP contribution in [0, 0.1) is 0 Å². The Morgan fingerprint density at radius 1 is 0.967 bits per heavy atom. The van der Waals surface area contributed by atoms with Gasteiger partial charge in [-0.15, -0.1) is 0 Å². The van der Waals surface area contributed by atoms with Gasteiger partial charge in [0.15, 0.2) is 12.3 Å². The molecule has 0 spiro atoms. The number of carbonyl (C=O) groups is 3. The number of fused-ring (bicyclic) bond motifs is 1. The Labute approximate surface area is 177 Å². The van der Waals surface area contributed by atoms with Gasteiger partial charge in [-0.05, 0) is 12.8 Å². The van der Waals surface area contributed by atoms with Crippen LogP contribution in [-0.2, 0) is 28.5 Å². The van der Waals surface area contributed by atoms with Gasteiger partial charge in [0.2, 0.25) is 11.2 Å². The zero-order valence-electron chi connectivity index (χ0n) is 18.2. The van der Waals surface area contributed by atoms with E-state index in [-0.39, 0.29) is 6.42 Å². The lowest BCUT2D eigenvalue weighted by molar-refractivity contribution is -0.210. The number of unbranched alkanes of at least 4 members (excludes halogenated alkanes) is 9. The Morgan fingerprint density at radius 2 is 1.50 bits per heavy atom. The van der Waals surface area contributed by atoms with Crippen LogP contribution in [-0.4, -0.2) is 60.9 Å². The molecule has 0 saturated carbocycles. The van der Waals surface area contributed by atoms with Crippen LogP contribution < -0.4 is 5.32 Å². The third-order valence-electron chi connectivity index (χ3n) is 6.02. The van der Waals surface area contributed by atoms with Gasteiger partial charge in [0.05, 0.1) is 14.2 Å². The first-order chi connectivity index (χ1) is 14.4. The molecule has 2 N–H and O–H groups in total. The first-order valence-corrected chi connectivity index (χ1v) is 10.9. The Kier molecular flexibility index (Phi) is 8.91. The van der Waals surface area contributed by atoms with E-state index in [0.717, 1.165) is 33.5 Å². The Hall–Kier alpha value is -1.87. The van der Waals surface area contributed by atoms with Gasteiger partial charge in [0, 0.05) is 0 Å². The summed E-state index contributed by atoms with van der Waals surface area (Å²) in [6.07, 6.45) is 7.47. The van der Waals surface area contributed by atoms with Crippen molar-refractivity contribution in [2.24, 2.45) is 0 Å². The standard InChI is InChI=1S/C21H35NO8/c1-4-5-6-7-8-9-10-11-12-13-14-20(17(23)27-2)21(26,18(24)28-3)15-16(30-20)22-19(25)29-15/h15-16,26H,4-14H2,1-3H3,(H,22,25)/t15-,16-,20+,21-/m1/s1. The van der Waals surface area contributed by atoms with Crippen molar-refractivity contribution in [3.05, 3.63) is 0 Å². The number of nitrogens with one attached hydrogen (secondary N) is 1. The second kappa shape index (κ2) is 10.9. The van der Waals surface area contributed by atoms with Crippen LogP contribution in [0.4, 0.5) is 4.79 Å². The molecule has 2 fully saturated rings. The summed E-state index contributed by atoms with van der Waals surface area (Å²) in [6.45, 7) is 2.20. The molecule has 9 nitrogen and oxygen atoms in total. The Balaban J connectivity index is 1.97. The van der Waals surface area contributed by atoms with Crippen LogP contribution in [0.25, 0.3) is 0 Å². The first kappa shape index (κ1) is 24.4. The van der Waals surface area contributed by atoms with Crippen LogP contribution in [0.5, 0.6) is 0 Å². The summed E-state index contributed by atoms with van der Waals surface area (Å²) >= 11 is 0. The molecule has 0 bridgehead atoms. The number of hydrogen-bond acceptors (Lipinski definition) is 8. The molecule has 0 radical (unpaired) electrons. The maximum absolute atomic E-state index is 12.7. The average Bonchev–Trinajstić information content (AvgIpc) is 3.22. The first-order valence-electron chi connectivity index (χ1n) is 10.9. The van der Waals surface area contributed by atoms with E-state index >= 15 is 0 Å². The second-order valence-electron chi connectivity index (χ2n) is 8.02. The highest BCUT2D eigenvalue weighted by Crippen LogP contribution is 2.47. The zero-order chi connectivity index (χ0) is 22.2. The summed E-state index contributed by atoms with van der Waals surface area (Å²) in [7, 11) is 2.23. The van der Waals surface area contributed by atoms with Crippen molar-refractivity contribution in [2.75, 3.05) is 14.2 Å². The molecule has 30 heavy (non-hydrogen) atoms. The monoisotopic (exact) mass is 429 g/mol. The van der Waals surface area contributed by atoms with E-state index in [1.165, 1.54) is 38.5 Å². The van der Waals surface area contributed by atoms with Gasteiger partial charge in [0.1, 0.15) is 0 Å². The number of amides is 1. The van der Waals surface area contributed by atoms with Crippen molar-refractivity contribution >= 4 is 18.0 Å². The summed E-state index contributed by atoms with van der Waals surface area (Å²) in [6, 6.07) is 0. The molecule has 0 aromatic carbocycles. The third-order valence-corrected chi connectivity index (χ3v) is 6.02. The number of alkyl carbamates (subject to hydrolysis) is 1. The molecule has 2 saturated heterocycles. The van der Waals surface area contributed by atoms with Crippen LogP contribution in [0.1, 0.15) is 77.6 Å². The molecule has 2 aliphatic heterocycles. The van der Waals surface area contributed by atoms with Crippen molar-refractivity contribution in [1.82, 2.24) is 5.32 Å². The van der Waals surface area contributed by atoms with Gasteiger partial charge in [-0.2, -0.15) is 0 Å². The number of rotatable bonds is 13. The van der Waals surface area contributed by atoms with Crippen molar-refractivity contribution in [3.63, 3.8) is 0 Å². The molecule has 0 unspecified atom stereocenters. The highest BCUT2D eigenvalue weighted by atomic mass is 16.7. The molecule has 0 aliphatic carbocycles. The van der Waals surface area contributed by atoms with E-state index < -0.39 is 41.6 Å². The molecular weight excluding hydrogens is 394 g/mol. The van der Waals surface area contributed by atoms with E-state index in [9.17, 15) is 19.5 Å². The maximum atomic E-state index is 12.7. The molecule has 1 amide bonds. The Bertz CT molecular complexity index is 612. The van der Waals surface area contributed by atoms with Crippen LogP contribution in [0.3, 0.4) is 0 Å². The smallest absolute Gasteiger partial charge is 0.409 e. The number of esters is 2. The number of methoxy groups -OCH3 is 2. The average molecular weight is 430 g/mol. The fourth-order valence-corrected chi connectivity index (χ4v) is 4.35. The Morgan fingerprint density at radius 3 is 2.03 bits per heavy atom. The number of aliphatic hydroxyl groups is 1. The van der Waals surface area contributed by atoms with Gasteiger partial charge in [-0.25, -0.2) is 14.4 Å². The lowest BCUT2D eigenvalue weighted by Gasteiger charge is -2.37. The molecule has 0 aromatic rings. The summed E-state index contributed by atoms with van der Waals surface area (Å²) in [5, 5.41) is 13.6. The minimum absolute atomic E-state index is 0.0357. The van der Waals surface area contributed by atoms with Crippen LogP contribution in [0.15, 0.2) is 0 Å². The molecule has 172 valence electrons. The van der Waals surface area contributed by atoms with Crippen molar-refractivity contribution < 1.29 is 38.4 Å². The second-order valence-corrected chi connectivity index (χ2v) is 8.02. The molecule has 2 rings (SSSR count). The fraction of sp³-hybridized carbons (Fsp3) is 0.857. The van der Waals surface area contributed by atoms with Crippen molar-refractivity contribution in [2.45, 2.75) is 101 Å². The molecule has 4 atom stereocenters. The topological polar surface area (TPSA) is 120 Å². The number of hydrogen-bond donors (Lipinski definition) is 2. The van der Waals surface area contributed by atoms with E-state index in [1.807, 2.05) is 0 Å². The summed E-state index contributed by atoms with van der Waals surface area (Å²) in [4.78, 5) is 36.8. The predicted molar refractivity (Wildman–Crippen MR) is 106 cm³/mol. The van der Waals surface area contributed by atoms with E-state index in [1.54, 1.807) is 0 Å². The van der Waals surface area contributed by atoms with Gasteiger partial charge in [-0.3, -0.25) is 5.32 Å². The minimum atomic E-state index is -2.50. The fourth-order valence-electron chi connectivity index (χ4n) is 4.35. The quantitative estimate of drug-likeness (QED) is 0.260. The minimum Gasteiger partial charge on any atom is -0.467 e. The normalized spacial score (nSPS) is 29.8. The highest BCUT2D eigenvalue weighted by Gasteiger charge is 2.77. The molecule has 2 aliphatic rings. The van der Waals surface area contributed by atoms with E-state index in [4.69, 9.17) is 18.9 Å². The highest BCUT2D eigenvalue weighted by molar-refractivity contribution is 5.95. The van der Waals surface area contributed by atoms with Gasteiger partial charge in [0.25, 0.3) is 0 Å². The van der Waals surface area contributed by atoms with Crippen LogP contribution >= 0.6 is 0 Å². The lowest BCUT2D eigenvalue weighted by atomic mass is 9.77. The maximum Gasteiger partial charge on any atom is 0.409 e. The largest absolute Gasteiger partial charge is 0.467 e. The molecular formula is C21H35NO8. The van der Waals surface area contributed by atoms with Gasteiger partial charge in [-0.1, -0.05) is 64.7 Å². The van der Waals surface area contributed by atoms with Gasteiger partial charge >= 0.3 is 18.0 Å². The van der Waals surface area contributed by atoms with Gasteiger partial charge < -0.3 is 24.1 Å². The number of ether oxygens (including phenoxy) is 4.